The van der Waals surface area contributed by atoms with E-state index in [0.29, 0.717) is 0 Å². The monoisotopic (exact) mass is 258 g/mol. The SMILES string of the molecule is CCC1CC1NC1CCCN(Cc2ccccc2)C1. The average molecular weight is 258 g/mol. The molecule has 1 heterocycles. The van der Waals surface area contributed by atoms with Crippen LogP contribution in [0.15, 0.2) is 30.3 Å². The highest BCUT2D eigenvalue weighted by Crippen LogP contribution is 2.34. The molecule has 1 N–H and O–H groups in total. The second-order valence-corrected chi connectivity index (χ2v) is 6.24. The lowest BCUT2D eigenvalue weighted by Gasteiger charge is -2.33. The molecule has 1 aliphatic heterocycles. The minimum Gasteiger partial charge on any atom is -0.310 e. The van der Waals surface area contributed by atoms with Crippen molar-refractivity contribution < 1.29 is 0 Å². The highest BCUT2D eigenvalue weighted by atomic mass is 15.2. The molecule has 3 rings (SSSR count). The zero-order valence-electron chi connectivity index (χ0n) is 12.0. The Balaban J connectivity index is 1.48. The van der Waals surface area contributed by atoms with Gasteiger partial charge in [-0.2, -0.15) is 0 Å². The number of hydrogen-bond donors (Lipinski definition) is 1. The van der Waals surface area contributed by atoms with Gasteiger partial charge in [-0.15, -0.1) is 0 Å². The Bertz CT molecular complexity index is 390. The molecule has 3 atom stereocenters. The number of nitrogens with one attached hydrogen (secondary N) is 1. The molecule has 1 aromatic rings. The van der Waals surface area contributed by atoms with E-state index >= 15 is 0 Å². The molecule has 3 unspecified atom stereocenters. The minimum absolute atomic E-state index is 0.721. The summed E-state index contributed by atoms with van der Waals surface area (Å²) in [6.07, 6.45) is 5.45. The van der Waals surface area contributed by atoms with Crippen LogP contribution >= 0.6 is 0 Å². The summed E-state index contributed by atoms with van der Waals surface area (Å²) in [5, 5.41) is 3.87. The highest BCUT2D eigenvalue weighted by molar-refractivity contribution is 5.14. The maximum atomic E-state index is 3.87. The Kier molecular flexibility index (Phi) is 4.19. The van der Waals surface area contributed by atoms with E-state index < -0.39 is 0 Å². The van der Waals surface area contributed by atoms with Gasteiger partial charge in [0.2, 0.25) is 0 Å². The van der Waals surface area contributed by atoms with Crippen LogP contribution in [-0.2, 0) is 6.54 Å². The van der Waals surface area contributed by atoms with Crippen molar-refractivity contribution in [3.05, 3.63) is 35.9 Å². The molecule has 0 bridgehead atoms. The maximum absolute atomic E-state index is 3.87. The number of nitrogens with zero attached hydrogens (tertiary/aromatic N) is 1. The lowest BCUT2D eigenvalue weighted by atomic mass is 10.0. The molecule has 2 heteroatoms. The zero-order chi connectivity index (χ0) is 13.1. The first-order valence-corrected chi connectivity index (χ1v) is 7.87. The van der Waals surface area contributed by atoms with Crippen LogP contribution in [-0.4, -0.2) is 30.1 Å². The van der Waals surface area contributed by atoms with Gasteiger partial charge in [0.05, 0.1) is 0 Å². The van der Waals surface area contributed by atoms with Crippen molar-refractivity contribution in [2.45, 2.75) is 51.2 Å². The predicted octanol–water partition coefficient (Wildman–Crippen LogP) is 3.04. The number of hydrogen-bond acceptors (Lipinski definition) is 2. The van der Waals surface area contributed by atoms with Crippen LogP contribution in [0.2, 0.25) is 0 Å². The topological polar surface area (TPSA) is 15.3 Å². The molecule has 104 valence electrons. The summed E-state index contributed by atoms with van der Waals surface area (Å²) in [5.41, 5.74) is 1.45. The van der Waals surface area contributed by atoms with Gasteiger partial charge < -0.3 is 5.32 Å². The van der Waals surface area contributed by atoms with Gasteiger partial charge in [-0.25, -0.2) is 0 Å². The van der Waals surface area contributed by atoms with Gasteiger partial charge in [-0.05, 0) is 37.3 Å². The molecule has 0 amide bonds. The normalized spacial score (nSPS) is 31.3. The first kappa shape index (κ1) is 13.1. The second-order valence-electron chi connectivity index (χ2n) is 6.24. The third kappa shape index (κ3) is 3.58. The van der Waals surface area contributed by atoms with Crippen molar-refractivity contribution in [2.75, 3.05) is 13.1 Å². The van der Waals surface area contributed by atoms with Crippen LogP contribution in [0.4, 0.5) is 0 Å². The van der Waals surface area contributed by atoms with E-state index in [1.165, 1.54) is 44.3 Å². The average Bonchev–Trinajstić information content (AvgIpc) is 3.19. The largest absolute Gasteiger partial charge is 0.310 e. The molecule has 0 spiro atoms. The number of likely N-dealkylation sites (tertiary alicyclic amines) is 1. The predicted molar refractivity (Wildman–Crippen MR) is 80.1 cm³/mol. The van der Waals surface area contributed by atoms with E-state index in [4.69, 9.17) is 0 Å². The van der Waals surface area contributed by atoms with Gasteiger partial charge in [-0.3, -0.25) is 4.90 Å². The second kappa shape index (κ2) is 6.06. The van der Waals surface area contributed by atoms with Gasteiger partial charge in [-0.1, -0.05) is 43.7 Å². The van der Waals surface area contributed by atoms with Crippen molar-refractivity contribution in [1.29, 1.82) is 0 Å². The molecule has 0 radical (unpaired) electrons. The smallest absolute Gasteiger partial charge is 0.0234 e. The molecule has 19 heavy (non-hydrogen) atoms. The Morgan fingerprint density at radius 2 is 2.11 bits per heavy atom. The van der Waals surface area contributed by atoms with E-state index in [1.807, 2.05) is 0 Å². The van der Waals surface area contributed by atoms with Crippen LogP contribution in [0.5, 0.6) is 0 Å². The highest BCUT2D eigenvalue weighted by Gasteiger charge is 2.37. The van der Waals surface area contributed by atoms with Crippen molar-refractivity contribution >= 4 is 0 Å². The molecular weight excluding hydrogens is 232 g/mol. The fourth-order valence-corrected chi connectivity index (χ4v) is 3.38. The summed E-state index contributed by atoms with van der Waals surface area (Å²) < 4.78 is 0. The van der Waals surface area contributed by atoms with Crippen molar-refractivity contribution in [3.8, 4) is 0 Å². The number of rotatable bonds is 5. The summed E-state index contributed by atoms with van der Waals surface area (Å²) in [4.78, 5) is 2.61. The molecule has 1 aliphatic carbocycles. The molecule has 1 saturated heterocycles. The summed E-state index contributed by atoms with van der Waals surface area (Å²) in [7, 11) is 0. The van der Waals surface area contributed by atoms with Crippen LogP contribution in [0.25, 0.3) is 0 Å². The van der Waals surface area contributed by atoms with Gasteiger partial charge in [0.25, 0.3) is 0 Å². The van der Waals surface area contributed by atoms with Gasteiger partial charge >= 0.3 is 0 Å². The summed E-state index contributed by atoms with van der Waals surface area (Å²) in [6.45, 7) is 5.91. The third-order valence-corrected chi connectivity index (χ3v) is 4.65. The Morgan fingerprint density at radius 3 is 2.84 bits per heavy atom. The van der Waals surface area contributed by atoms with E-state index in [2.05, 4.69) is 47.5 Å². The van der Waals surface area contributed by atoms with Crippen molar-refractivity contribution in [2.24, 2.45) is 5.92 Å². The lowest BCUT2D eigenvalue weighted by Crippen LogP contribution is -2.46. The summed E-state index contributed by atoms with van der Waals surface area (Å²) in [5.74, 6) is 0.962. The Labute approximate surface area is 117 Å². The molecule has 0 aromatic heterocycles. The first-order valence-electron chi connectivity index (χ1n) is 7.87. The Morgan fingerprint density at radius 1 is 1.26 bits per heavy atom. The van der Waals surface area contributed by atoms with Crippen LogP contribution in [0.3, 0.4) is 0 Å². The molecule has 2 nitrogen and oxygen atoms in total. The summed E-state index contributed by atoms with van der Waals surface area (Å²) in [6, 6.07) is 12.4. The maximum Gasteiger partial charge on any atom is 0.0234 e. The molecule has 2 fully saturated rings. The standard InChI is InChI=1S/C17H26N2/c1-2-15-11-17(15)18-16-9-6-10-19(13-16)12-14-7-4-3-5-8-14/h3-5,7-8,15-18H,2,6,9-13H2,1H3. The van der Waals surface area contributed by atoms with Crippen LogP contribution in [0.1, 0.15) is 38.2 Å². The molecule has 1 aromatic carbocycles. The van der Waals surface area contributed by atoms with Gasteiger partial charge in [0.1, 0.15) is 0 Å². The van der Waals surface area contributed by atoms with Crippen molar-refractivity contribution in [1.82, 2.24) is 10.2 Å². The fraction of sp³-hybridized carbons (Fsp3) is 0.647. The quantitative estimate of drug-likeness (QED) is 0.873. The first-order chi connectivity index (χ1) is 9.35. The van der Waals surface area contributed by atoms with E-state index in [0.717, 1.165) is 24.5 Å². The summed E-state index contributed by atoms with van der Waals surface area (Å²) >= 11 is 0. The van der Waals surface area contributed by atoms with E-state index in [-0.39, 0.29) is 0 Å². The number of piperidine rings is 1. The number of benzene rings is 1. The van der Waals surface area contributed by atoms with Crippen LogP contribution < -0.4 is 5.32 Å². The lowest BCUT2D eigenvalue weighted by molar-refractivity contribution is 0.181. The van der Waals surface area contributed by atoms with Gasteiger partial charge in [0, 0.05) is 25.2 Å². The van der Waals surface area contributed by atoms with Crippen molar-refractivity contribution in [3.63, 3.8) is 0 Å². The minimum atomic E-state index is 0.721. The molecule has 2 aliphatic rings. The van der Waals surface area contributed by atoms with E-state index in [9.17, 15) is 0 Å². The fourth-order valence-electron chi connectivity index (χ4n) is 3.38. The van der Waals surface area contributed by atoms with E-state index in [1.54, 1.807) is 0 Å². The van der Waals surface area contributed by atoms with Crippen LogP contribution in [0, 0.1) is 5.92 Å². The van der Waals surface area contributed by atoms with Gasteiger partial charge in [0.15, 0.2) is 0 Å². The molecular formula is C17H26N2. The Hall–Kier alpha value is -0.860. The third-order valence-electron chi connectivity index (χ3n) is 4.65. The zero-order valence-corrected chi connectivity index (χ0v) is 12.0. The molecule has 1 saturated carbocycles.